The molecule has 35 heavy (non-hydrogen) atoms. The lowest BCUT2D eigenvalue weighted by atomic mass is 9.96. The molecule has 3 rings (SSSR count). The molecule has 5 nitrogen and oxygen atoms in total. The number of para-hydroxylation sites is 1. The second kappa shape index (κ2) is 12.5. The molecule has 0 aliphatic heterocycles. The van der Waals surface area contributed by atoms with Crippen molar-refractivity contribution in [1.82, 2.24) is 5.32 Å². The molecule has 0 aliphatic rings. The maximum Gasteiger partial charge on any atom is 0.347 e. The largest absolute Gasteiger partial charge is 0.488 e. The van der Waals surface area contributed by atoms with Crippen LogP contribution in [-0.2, 0) is 13.2 Å². The summed E-state index contributed by atoms with van der Waals surface area (Å²) in [6.07, 6.45) is 0.759. The monoisotopic (exact) mass is 479 g/mol. The SMILES string of the molecule is Cc1c(CN[C@@H](CO)CC(C)C)c(F)c(C)c(C(=O)Oc2ccccc2)c1OCc1ccccc1. The molecule has 3 aromatic carbocycles. The van der Waals surface area contributed by atoms with Gasteiger partial charge in [-0.3, -0.25) is 0 Å². The number of aliphatic hydroxyl groups is 1. The van der Waals surface area contributed by atoms with E-state index >= 15 is 4.39 Å². The fraction of sp³-hybridized carbons (Fsp3) is 0.345. The van der Waals surface area contributed by atoms with Gasteiger partial charge in [-0.05, 0) is 49.4 Å². The zero-order chi connectivity index (χ0) is 25.4. The summed E-state index contributed by atoms with van der Waals surface area (Å²) in [5, 5.41) is 13.0. The third-order valence-corrected chi connectivity index (χ3v) is 5.92. The number of hydrogen-bond acceptors (Lipinski definition) is 5. The number of esters is 1. The molecule has 0 aliphatic carbocycles. The lowest BCUT2D eigenvalue weighted by Crippen LogP contribution is -2.34. The number of aliphatic hydroxyl groups excluding tert-OH is 1. The van der Waals surface area contributed by atoms with Crippen molar-refractivity contribution in [2.75, 3.05) is 6.61 Å². The Morgan fingerprint density at radius 1 is 1.00 bits per heavy atom. The van der Waals surface area contributed by atoms with E-state index in [4.69, 9.17) is 9.47 Å². The first-order valence-electron chi connectivity index (χ1n) is 11.9. The highest BCUT2D eigenvalue weighted by Crippen LogP contribution is 2.34. The average molecular weight is 480 g/mol. The van der Waals surface area contributed by atoms with Crippen LogP contribution in [0.4, 0.5) is 4.39 Å². The highest BCUT2D eigenvalue weighted by atomic mass is 19.1. The first-order valence-corrected chi connectivity index (χ1v) is 11.9. The highest BCUT2D eigenvalue weighted by molar-refractivity contribution is 5.96. The van der Waals surface area contributed by atoms with E-state index in [1.807, 2.05) is 36.4 Å². The molecule has 186 valence electrons. The summed E-state index contributed by atoms with van der Waals surface area (Å²) in [4.78, 5) is 13.2. The van der Waals surface area contributed by atoms with Crippen molar-refractivity contribution in [2.24, 2.45) is 5.92 Å². The number of benzene rings is 3. The molecule has 0 saturated carbocycles. The maximum atomic E-state index is 15.6. The van der Waals surface area contributed by atoms with Crippen molar-refractivity contribution < 1.29 is 23.8 Å². The van der Waals surface area contributed by atoms with Crippen LogP contribution >= 0.6 is 0 Å². The summed E-state index contributed by atoms with van der Waals surface area (Å²) in [5.41, 5.74) is 2.10. The average Bonchev–Trinajstić information content (AvgIpc) is 2.85. The number of ether oxygens (including phenoxy) is 2. The lowest BCUT2D eigenvalue weighted by Gasteiger charge is -2.23. The molecule has 0 amide bonds. The minimum absolute atomic E-state index is 0.0450. The normalized spacial score (nSPS) is 12.0. The fourth-order valence-electron chi connectivity index (χ4n) is 4.05. The van der Waals surface area contributed by atoms with Gasteiger partial charge >= 0.3 is 5.97 Å². The summed E-state index contributed by atoms with van der Waals surface area (Å²) in [6, 6.07) is 18.1. The number of carbonyl (C=O) groups excluding carboxylic acids is 1. The summed E-state index contributed by atoms with van der Waals surface area (Å²) in [5.74, 6) is -0.106. The summed E-state index contributed by atoms with van der Waals surface area (Å²) < 4.78 is 27.3. The number of nitrogens with one attached hydrogen (secondary N) is 1. The maximum absolute atomic E-state index is 15.6. The van der Waals surface area contributed by atoms with Crippen LogP contribution in [0.15, 0.2) is 60.7 Å². The van der Waals surface area contributed by atoms with Crippen LogP contribution < -0.4 is 14.8 Å². The number of hydrogen-bond donors (Lipinski definition) is 2. The summed E-state index contributed by atoms with van der Waals surface area (Å²) >= 11 is 0. The minimum atomic E-state index is -0.675. The molecule has 0 saturated heterocycles. The van der Waals surface area contributed by atoms with Crippen LogP contribution in [-0.4, -0.2) is 23.7 Å². The van der Waals surface area contributed by atoms with E-state index in [1.54, 1.807) is 38.1 Å². The van der Waals surface area contributed by atoms with Crippen LogP contribution in [0.3, 0.4) is 0 Å². The lowest BCUT2D eigenvalue weighted by molar-refractivity contribution is 0.0728. The van der Waals surface area contributed by atoms with E-state index in [-0.39, 0.29) is 36.9 Å². The van der Waals surface area contributed by atoms with Gasteiger partial charge in [0.1, 0.15) is 29.5 Å². The van der Waals surface area contributed by atoms with Gasteiger partial charge in [-0.1, -0.05) is 62.4 Å². The van der Waals surface area contributed by atoms with Gasteiger partial charge in [0.2, 0.25) is 0 Å². The van der Waals surface area contributed by atoms with Gasteiger partial charge < -0.3 is 19.9 Å². The molecule has 0 spiro atoms. The van der Waals surface area contributed by atoms with E-state index in [9.17, 15) is 9.90 Å². The third-order valence-electron chi connectivity index (χ3n) is 5.92. The summed E-state index contributed by atoms with van der Waals surface area (Å²) in [7, 11) is 0. The zero-order valence-electron chi connectivity index (χ0n) is 20.8. The second-order valence-electron chi connectivity index (χ2n) is 9.11. The van der Waals surface area contributed by atoms with E-state index in [0.29, 0.717) is 28.5 Å². The van der Waals surface area contributed by atoms with Crippen molar-refractivity contribution in [3.8, 4) is 11.5 Å². The van der Waals surface area contributed by atoms with E-state index in [1.165, 1.54) is 0 Å². The smallest absolute Gasteiger partial charge is 0.347 e. The molecule has 0 radical (unpaired) electrons. The highest BCUT2D eigenvalue weighted by Gasteiger charge is 2.27. The fourth-order valence-corrected chi connectivity index (χ4v) is 4.05. The van der Waals surface area contributed by atoms with E-state index < -0.39 is 11.8 Å². The Hall–Kier alpha value is -3.22. The van der Waals surface area contributed by atoms with Gasteiger partial charge in [0.15, 0.2) is 0 Å². The van der Waals surface area contributed by atoms with Crippen LogP contribution in [0.25, 0.3) is 0 Å². The molecule has 6 heteroatoms. The number of rotatable bonds is 11. The first-order chi connectivity index (χ1) is 16.8. The van der Waals surface area contributed by atoms with Crippen molar-refractivity contribution in [3.63, 3.8) is 0 Å². The predicted octanol–water partition coefficient (Wildman–Crippen LogP) is 5.74. The molecular formula is C29H34FNO4. The molecule has 0 heterocycles. The Balaban J connectivity index is 1.98. The molecule has 0 fully saturated rings. The topological polar surface area (TPSA) is 67.8 Å². The Morgan fingerprint density at radius 3 is 2.23 bits per heavy atom. The Morgan fingerprint density at radius 2 is 1.63 bits per heavy atom. The number of halogens is 1. The molecule has 2 N–H and O–H groups in total. The van der Waals surface area contributed by atoms with Crippen LogP contribution in [0.5, 0.6) is 11.5 Å². The molecule has 0 aromatic heterocycles. The Bertz CT molecular complexity index is 1120. The summed E-state index contributed by atoms with van der Waals surface area (Å²) in [6.45, 7) is 7.83. The number of carbonyl (C=O) groups is 1. The van der Waals surface area contributed by atoms with Crippen molar-refractivity contribution in [1.29, 1.82) is 0 Å². The van der Waals surface area contributed by atoms with Gasteiger partial charge in [-0.15, -0.1) is 0 Å². The second-order valence-corrected chi connectivity index (χ2v) is 9.11. The molecule has 0 bridgehead atoms. The van der Waals surface area contributed by atoms with Gasteiger partial charge in [0.05, 0.1) is 6.61 Å². The van der Waals surface area contributed by atoms with Crippen LogP contribution in [0.2, 0.25) is 0 Å². The Labute approximate surface area is 206 Å². The quantitative estimate of drug-likeness (QED) is 0.271. The third kappa shape index (κ3) is 6.90. The Kier molecular flexibility index (Phi) is 9.40. The molecule has 1 atom stereocenters. The standard InChI is InChI=1S/C29H34FNO4/c1-19(2)15-23(17-32)31-16-25-20(3)28(34-18-22-11-7-5-8-12-22)26(21(4)27(25)30)29(33)35-24-13-9-6-10-14-24/h5-14,19,23,31-32H,15-18H2,1-4H3/t23-/m1/s1. The van der Waals surface area contributed by atoms with Gasteiger partial charge in [-0.25, -0.2) is 9.18 Å². The van der Waals surface area contributed by atoms with Gasteiger partial charge in [-0.2, -0.15) is 0 Å². The molecule has 3 aromatic rings. The van der Waals surface area contributed by atoms with Crippen molar-refractivity contribution in [2.45, 2.75) is 53.3 Å². The first kappa shape index (κ1) is 26.4. The van der Waals surface area contributed by atoms with Crippen molar-refractivity contribution in [3.05, 3.63) is 94.3 Å². The zero-order valence-corrected chi connectivity index (χ0v) is 20.8. The van der Waals surface area contributed by atoms with Gasteiger partial charge in [0.25, 0.3) is 0 Å². The van der Waals surface area contributed by atoms with Gasteiger partial charge in [0, 0.05) is 23.7 Å². The van der Waals surface area contributed by atoms with Crippen LogP contribution in [0, 0.1) is 25.6 Å². The van der Waals surface area contributed by atoms with Crippen molar-refractivity contribution >= 4 is 5.97 Å². The molecule has 0 unspecified atom stereocenters. The molecular weight excluding hydrogens is 445 g/mol. The predicted molar refractivity (Wildman–Crippen MR) is 135 cm³/mol. The van der Waals surface area contributed by atoms with Crippen LogP contribution in [0.1, 0.15) is 52.9 Å². The van der Waals surface area contributed by atoms with E-state index in [0.717, 1.165) is 12.0 Å². The van der Waals surface area contributed by atoms with E-state index in [2.05, 4.69) is 19.2 Å². The minimum Gasteiger partial charge on any atom is -0.488 e.